The Balaban J connectivity index is 2.45. The standard InChI is InChI=1S/C11H15NO2/c1-8(12-2)5-9-3-4-10-11(6-9)14-7-13-10/h3-4,6,8,12H,5,7H2,1-2H3/i1D3,3D,4D,6D. The van der Waals surface area contributed by atoms with Crippen LogP contribution in [-0.2, 0) is 6.42 Å². The highest BCUT2D eigenvalue weighted by Crippen LogP contribution is 2.32. The van der Waals surface area contributed by atoms with Gasteiger partial charge < -0.3 is 14.8 Å². The van der Waals surface area contributed by atoms with E-state index in [2.05, 4.69) is 5.32 Å². The fourth-order valence-corrected chi connectivity index (χ4v) is 1.17. The molecule has 1 heterocycles. The highest BCUT2D eigenvalue weighted by atomic mass is 16.7. The van der Waals surface area contributed by atoms with Gasteiger partial charge in [-0.15, -0.1) is 0 Å². The molecule has 0 bridgehead atoms. The van der Waals surface area contributed by atoms with Gasteiger partial charge in [-0.1, -0.05) is 6.04 Å². The fraction of sp³-hybridized carbons (Fsp3) is 0.455. The number of hydrogen-bond acceptors (Lipinski definition) is 3. The smallest absolute Gasteiger partial charge is 0.231 e. The molecule has 2 rings (SSSR count). The molecule has 1 unspecified atom stereocenters. The van der Waals surface area contributed by atoms with Crippen molar-refractivity contribution in [1.82, 2.24) is 5.32 Å². The van der Waals surface area contributed by atoms with Gasteiger partial charge in [0.1, 0.15) is 0 Å². The van der Waals surface area contributed by atoms with Crippen LogP contribution in [0.4, 0.5) is 0 Å². The van der Waals surface area contributed by atoms with Gasteiger partial charge in [0.05, 0.1) is 4.11 Å². The van der Waals surface area contributed by atoms with Gasteiger partial charge >= 0.3 is 0 Å². The highest BCUT2D eigenvalue weighted by Gasteiger charge is 2.13. The molecular weight excluding hydrogens is 178 g/mol. The Kier molecular flexibility index (Phi) is 1.26. The quantitative estimate of drug-likeness (QED) is 0.801. The number of hydrogen-bond donors (Lipinski definition) is 1. The molecule has 76 valence electrons. The van der Waals surface area contributed by atoms with E-state index in [1.807, 2.05) is 0 Å². The van der Waals surface area contributed by atoms with Crippen molar-refractivity contribution in [2.75, 3.05) is 13.8 Å². The molecule has 3 nitrogen and oxygen atoms in total. The molecular formula is C11H15NO2. The topological polar surface area (TPSA) is 30.5 Å². The summed E-state index contributed by atoms with van der Waals surface area (Å²) in [4.78, 5) is 0. The summed E-state index contributed by atoms with van der Waals surface area (Å²) in [5.74, 6) is 0.194. The Morgan fingerprint density at radius 3 is 3.21 bits per heavy atom. The highest BCUT2D eigenvalue weighted by molar-refractivity contribution is 5.44. The molecule has 0 aromatic heterocycles. The maximum atomic E-state index is 8.02. The lowest BCUT2D eigenvalue weighted by Crippen LogP contribution is -2.23. The van der Waals surface area contributed by atoms with Gasteiger partial charge in [-0.3, -0.25) is 0 Å². The third-order valence-electron chi connectivity index (χ3n) is 1.96. The first-order valence-corrected chi connectivity index (χ1v) is 4.32. The summed E-state index contributed by atoms with van der Waals surface area (Å²) in [6, 6.07) is -1.34. The normalized spacial score (nSPS) is 22.6. The van der Waals surface area contributed by atoms with Crippen LogP contribution in [0.1, 0.15) is 20.6 Å². The maximum Gasteiger partial charge on any atom is 0.231 e. The molecule has 1 aromatic rings. The second-order valence-corrected chi connectivity index (χ2v) is 2.96. The molecule has 0 saturated heterocycles. The van der Waals surface area contributed by atoms with Gasteiger partial charge in [-0.05, 0) is 38.0 Å². The van der Waals surface area contributed by atoms with Crippen LogP contribution in [0.5, 0.6) is 11.5 Å². The van der Waals surface area contributed by atoms with Gasteiger partial charge in [-0.2, -0.15) is 0 Å². The van der Waals surface area contributed by atoms with E-state index in [0.29, 0.717) is 0 Å². The van der Waals surface area contributed by atoms with E-state index in [9.17, 15) is 0 Å². The second kappa shape index (κ2) is 3.88. The van der Waals surface area contributed by atoms with Crippen LogP contribution < -0.4 is 14.8 Å². The van der Waals surface area contributed by atoms with Gasteiger partial charge in [0.2, 0.25) is 6.79 Å². The van der Waals surface area contributed by atoms with Crippen LogP contribution in [0.2, 0.25) is 0 Å². The van der Waals surface area contributed by atoms with Gasteiger partial charge in [-0.25, -0.2) is 0 Å². The molecule has 1 aromatic carbocycles. The zero-order valence-electron chi connectivity index (χ0n) is 13.8. The molecule has 1 N–H and O–H groups in total. The zero-order valence-corrected chi connectivity index (χ0v) is 7.81. The predicted molar refractivity (Wildman–Crippen MR) is 54.8 cm³/mol. The maximum absolute atomic E-state index is 8.02. The summed E-state index contributed by atoms with van der Waals surface area (Å²) >= 11 is 0. The van der Waals surface area contributed by atoms with Crippen LogP contribution in [-0.4, -0.2) is 19.9 Å². The van der Waals surface area contributed by atoms with Crippen LogP contribution in [0, 0.1) is 0 Å². The number of fused-ring (bicyclic) bond motifs is 1. The van der Waals surface area contributed by atoms with Crippen LogP contribution in [0.3, 0.4) is 0 Å². The average Bonchev–Trinajstić information content (AvgIpc) is 2.84. The molecule has 0 radical (unpaired) electrons. The molecule has 1 aliphatic heterocycles. The van der Waals surface area contributed by atoms with E-state index in [4.69, 9.17) is 17.7 Å². The number of nitrogens with one attached hydrogen (secondary N) is 1. The van der Waals surface area contributed by atoms with Crippen molar-refractivity contribution in [3.8, 4) is 11.5 Å². The second-order valence-electron chi connectivity index (χ2n) is 2.96. The summed E-state index contributed by atoms with van der Waals surface area (Å²) in [6.45, 7) is -2.35. The Labute approximate surface area is 92.5 Å². The summed E-state index contributed by atoms with van der Waals surface area (Å²) in [5.41, 5.74) is 0.176. The van der Waals surface area contributed by atoms with Crippen LogP contribution in [0.25, 0.3) is 0 Å². The van der Waals surface area contributed by atoms with Crippen molar-refractivity contribution in [3.05, 3.63) is 23.7 Å². The number of ether oxygens (including phenoxy) is 2. The molecule has 0 amide bonds. The minimum absolute atomic E-state index is 0.0484. The van der Waals surface area contributed by atoms with E-state index in [1.54, 1.807) is 0 Å². The van der Waals surface area contributed by atoms with Crippen molar-refractivity contribution < 1.29 is 17.7 Å². The monoisotopic (exact) mass is 199 g/mol. The zero-order chi connectivity index (χ0) is 15.1. The van der Waals surface area contributed by atoms with Crippen molar-refractivity contribution in [2.45, 2.75) is 19.3 Å². The lowest BCUT2D eigenvalue weighted by molar-refractivity contribution is 0.174. The molecule has 1 atom stereocenters. The average molecular weight is 199 g/mol. The van der Waals surface area contributed by atoms with Crippen molar-refractivity contribution >= 4 is 0 Å². The number of benzene rings is 1. The van der Waals surface area contributed by atoms with Crippen LogP contribution in [0.15, 0.2) is 18.1 Å². The van der Waals surface area contributed by atoms with E-state index < -0.39 is 12.9 Å². The van der Waals surface area contributed by atoms with E-state index >= 15 is 0 Å². The first-order chi connectivity index (χ1) is 9.27. The Bertz CT molecular complexity index is 531. The molecule has 0 saturated carbocycles. The Morgan fingerprint density at radius 1 is 1.57 bits per heavy atom. The first-order valence-electron chi connectivity index (χ1n) is 7.32. The molecule has 14 heavy (non-hydrogen) atoms. The summed E-state index contributed by atoms with van der Waals surface area (Å²) in [5, 5.41) is 2.67. The summed E-state index contributed by atoms with van der Waals surface area (Å²) in [6.07, 6.45) is -0.0484. The summed E-state index contributed by atoms with van der Waals surface area (Å²) in [7, 11) is 1.51. The fourth-order valence-electron chi connectivity index (χ4n) is 1.17. The van der Waals surface area contributed by atoms with E-state index in [1.165, 1.54) is 7.05 Å². The van der Waals surface area contributed by atoms with Crippen molar-refractivity contribution in [1.29, 1.82) is 0 Å². The van der Waals surface area contributed by atoms with Crippen LogP contribution >= 0.6 is 0 Å². The third-order valence-corrected chi connectivity index (χ3v) is 1.96. The third kappa shape index (κ3) is 1.82. The summed E-state index contributed by atoms with van der Waals surface area (Å²) < 4.78 is 56.3. The molecule has 3 heteroatoms. The van der Waals surface area contributed by atoms with E-state index in [0.717, 1.165) is 0 Å². The SMILES string of the molecule is [2H]c1c([2H])c2c(c([2H])c1CC(NC)C([2H])([2H])[2H])OCO2. The molecule has 0 aliphatic carbocycles. The van der Waals surface area contributed by atoms with Gasteiger partial charge in [0.15, 0.2) is 11.5 Å². The first kappa shape index (κ1) is 4.53. The largest absolute Gasteiger partial charge is 0.454 e. The predicted octanol–water partition coefficient (Wildman–Crippen LogP) is 1.57. The molecule has 0 spiro atoms. The van der Waals surface area contributed by atoms with Crippen molar-refractivity contribution in [2.24, 2.45) is 0 Å². The lowest BCUT2D eigenvalue weighted by atomic mass is 10.1. The minimum Gasteiger partial charge on any atom is -0.454 e. The Morgan fingerprint density at radius 2 is 2.43 bits per heavy atom. The van der Waals surface area contributed by atoms with Crippen molar-refractivity contribution in [3.63, 3.8) is 0 Å². The molecule has 1 aliphatic rings. The van der Waals surface area contributed by atoms with E-state index in [-0.39, 0.29) is 48.4 Å². The molecule has 0 fully saturated rings. The van der Waals surface area contributed by atoms with Gasteiger partial charge in [0, 0.05) is 10.2 Å². The number of likely N-dealkylation sites (N-methyl/N-ethyl adjacent to an activating group) is 1. The minimum atomic E-state index is -2.26. The van der Waals surface area contributed by atoms with Gasteiger partial charge in [0.25, 0.3) is 0 Å². The Hall–Kier alpha value is -1.22. The number of rotatable bonds is 3. The lowest BCUT2D eigenvalue weighted by Gasteiger charge is -2.09.